The molecule has 0 fully saturated rings. The minimum absolute atomic E-state index is 0.0206. The summed E-state index contributed by atoms with van der Waals surface area (Å²) >= 11 is 0. The second-order valence-electron chi connectivity index (χ2n) is 10.8. The van der Waals surface area contributed by atoms with Crippen molar-refractivity contribution < 1.29 is 4.79 Å². The average Bonchev–Trinajstić information content (AvgIpc) is 3.86. The maximum absolute atomic E-state index is 12.1. The standard InChI is InChI=1S/C38H26N4O/c43-29-15-11-26(12-16-29)38-34-21-19-32(41-34)36(24-7-3-1-4-8-24)30-17-13-27(39-30)23-28-14-18-31(40-28)37(25-9-5-2-6-10-25)33-20-22-35(38)42-33/h1-23,34,40,42H. The van der Waals surface area contributed by atoms with E-state index in [0.29, 0.717) is 0 Å². The van der Waals surface area contributed by atoms with E-state index in [4.69, 9.17) is 9.98 Å². The van der Waals surface area contributed by atoms with Gasteiger partial charge < -0.3 is 9.97 Å². The summed E-state index contributed by atoms with van der Waals surface area (Å²) in [5, 5.41) is 1.97. The van der Waals surface area contributed by atoms with Gasteiger partial charge in [-0.15, -0.1) is 0 Å². The topological polar surface area (TPSA) is 73.4 Å². The first kappa shape index (κ1) is 24.9. The Balaban J connectivity index is 1.43. The highest BCUT2D eigenvalue weighted by atomic mass is 16.1. The Labute approximate surface area is 248 Å². The molecular formula is C38H26N4O. The smallest absolute Gasteiger partial charge is 0.178 e. The number of aliphatic imine (C=N–C) groups is 2. The lowest BCUT2D eigenvalue weighted by molar-refractivity contribution is -0.110. The van der Waals surface area contributed by atoms with Gasteiger partial charge in [0.05, 0.1) is 23.2 Å². The summed E-state index contributed by atoms with van der Waals surface area (Å²) in [6, 6.07) is 28.9. The third-order valence-electron chi connectivity index (χ3n) is 8.00. The number of hydrogen-bond donors (Lipinski definition) is 2. The molecule has 1 aliphatic carbocycles. The monoisotopic (exact) mass is 554 g/mol. The Bertz CT molecular complexity index is 2160. The normalized spacial score (nSPS) is 18.8. The number of nitrogens with zero attached hydrogens (tertiary/aromatic N) is 2. The van der Waals surface area contributed by atoms with Crippen LogP contribution in [0.15, 0.2) is 155 Å². The van der Waals surface area contributed by atoms with E-state index in [9.17, 15) is 4.79 Å². The number of allylic oxidation sites excluding steroid dienone is 9. The van der Waals surface area contributed by atoms with Crippen molar-refractivity contribution in [1.82, 2.24) is 9.97 Å². The van der Waals surface area contributed by atoms with Gasteiger partial charge in [0.25, 0.3) is 0 Å². The second kappa shape index (κ2) is 10.2. The maximum Gasteiger partial charge on any atom is 0.178 e. The van der Waals surface area contributed by atoms with Gasteiger partial charge in [-0.25, -0.2) is 4.99 Å². The van der Waals surface area contributed by atoms with Gasteiger partial charge in [0.2, 0.25) is 0 Å². The zero-order valence-electron chi connectivity index (χ0n) is 23.2. The molecule has 1 atom stereocenters. The van der Waals surface area contributed by atoms with Crippen molar-refractivity contribution in [2.24, 2.45) is 9.98 Å². The summed E-state index contributed by atoms with van der Waals surface area (Å²) in [7, 11) is 0. The number of carbonyl (C=O) groups is 1. The lowest BCUT2D eigenvalue weighted by Gasteiger charge is -2.16. The lowest BCUT2D eigenvalue weighted by atomic mass is 9.95. The fourth-order valence-electron chi connectivity index (χ4n) is 6.04. The molecule has 0 saturated carbocycles. The first-order valence-corrected chi connectivity index (χ1v) is 14.3. The zero-order valence-corrected chi connectivity index (χ0v) is 23.2. The largest absolute Gasteiger partial charge is 0.355 e. The predicted octanol–water partition coefficient (Wildman–Crippen LogP) is 5.63. The van der Waals surface area contributed by atoms with Crippen molar-refractivity contribution in [3.8, 4) is 0 Å². The molecule has 8 bridgehead atoms. The van der Waals surface area contributed by atoms with Gasteiger partial charge in [0, 0.05) is 38.8 Å². The maximum atomic E-state index is 12.1. The highest BCUT2D eigenvalue weighted by Gasteiger charge is 2.26. The van der Waals surface area contributed by atoms with Crippen LogP contribution in [0, 0.1) is 0 Å². The number of hydrogen-bond acceptors (Lipinski definition) is 3. The summed E-state index contributed by atoms with van der Waals surface area (Å²) < 4.78 is 0. The van der Waals surface area contributed by atoms with Crippen LogP contribution in [0.5, 0.6) is 0 Å². The van der Waals surface area contributed by atoms with Crippen molar-refractivity contribution in [3.63, 3.8) is 0 Å². The highest BCUT2D eigenvalue weighted by molar-refractivity contribution is 6.32. The molecule has 0 radical (unpaired) electrons. The Hall–Kier alpha value is -5.81. The Kier molecular flexibility index (Phi) is 5.93. The van der Waals surface area contributed by atoms with Crippen molar-refractivity contribution in [3.05, 3.63) is 178 Å². The van der Waals surface area contributed by atoms with Crippen LogP contribution in [0.25, 0.3) is 22.8 Å². The van der Waals surface area contributed by atoms with E-state index < -0.39 is 0 Å². The number of aromatic amines is 2. The van der Waals surface area contributed by atoms with Crippen LogP contribution in [0.1, 0.15) is 22.5 Å². The van der Waals surface area contributed by atoms with Crippen LogP contribution >= 0.6 is 0 Å². The van der Waals surface area contributed by atoms with E-state index in [1.165, 1.54) is 0 Å². The number of aromatic nitrogens is 2. The number of nitrogens with one attached hydrogen (secondary N) is 2. The Morgan fingerprint density at radius 2 is 1.35 bits per heavy atom. The van der Waals surface area contributed by atoms with Crippen molar-refractivity contribution in [2.75, 3.05) is 0 Å². The summed E-state index contributed by atoms with van der Waals surface area (Å²) in [6.45, 7) is 0. The quantitative estimate of drug-likeness (QED) is 0.331. The summed E-state index contributed by atoms with van der Waals surface area (Å²) in [5.74, 6) is -0.0206. The molecule has 2 N–H and O–H groups in total. The molecule has 43 heavy (non-hydrogen) atoms. The molecule has 0 amide bonds. The van der Waals surface area contributed by atoms with Crippen molar-refractivity contribution in [1.29, 1.82) is 0 Å². The van der Waals surface area contributed by atoms with E-state index in [2.05, 4.69) is 94.9 Å². The first-order valence-electron chi connectivity index (χ1n) is 14.3. The van der Waals surface area contributed by atoms with Gasteiger partial charge in [0.1, 0.15) is 0 Å². The highest BCUT2D eigenvalue weighted by Crippen LogP contribution is 2.35. The Morgan fingerprint density at radius 1 is 0.628 bits per heavy atom. The molecule has 4 aromatic rings. The van der Waals surface area contributed by atoms with E-state index >= 15 is 0 Å². The number of ketones is 1. The molecule has 2 aromatic carbocycles. The molecule has 5 nitrogen and oxygen atoms in total. The molecule has 3 aliphatic heterocycles. The number of benzene rings is 2. The third kappa shape index (κ3) is 4.57. The van der Waals surface area contributed by atoms with Crippen LogP contribution < -0.4 is 10.7 Å². The molecule has 8 rings (SSSR count). The van der Waals surface area contributed by atoms with Gasteiger partial charge in [0.15, 0.2) is 5.78 Å². The van der Waals surface area contributed by atoms with E-state index in [1.54, 1.807) is 12.2 Å². The fraction of sp³-hybridized carbons (Fsp3) is 0.0263. The summed E-state index contributed by atoms with van der Waals surface area (Å²) in [6.07, 6.45) is 17.4. The van der Waals surface area contributed by atoms with Gasteiger partial charge in [-0.05, 0) is 77.4 Å². The van der Waals surface area contributed by atoms with Gasteiger partial charge >= 0.3 is 0 Å². The average molecular weight is 555 g/mol. The zero-order chi connectivity index (χ0) is 28.8. The number of H-pyrrole nitrogens is 2. The molecule has 204 valence electrons. The molecule has 1 unspecified atom stereocenters. The van der Waals surface area contributed by atoms with Crippen LogP contribution in [-0.2, 0) is 4.79 Å². The van der Waals surface area contributed by atoms with Crippen LogP contribution in [0.3, 0.4) is 0 Å². The molecule has 5 heterocycles. The SMILES string of the molecule is O=C1C=CC(=C2c3ccc([nH]3)C(c3ccccc3)=c3ccc([nH]3)=CC3=NC(=C(c4ccccc4)C4=NC2C=C4)C=C3)C=C1. The van der Waals surface area contributed by atoms with Gasteiger partial charge in [-0.3, -0.25) is 9.79 Å². The third-order valence-corrected chi connectivity index (χ3v) is 8.00. The molecule has 0 spiro atoms. The van der Waals surface area contributed by atoms with Crippen molar-refractivity contribution >= 4 is 40.0 Å². The van der Waals surface area contributed by atoms with E-state index in [-0.39, 0.29) is 11.8 Å². The minimum atomic E-state index is -0.260. The number of fused-ring (bicyclic) bond motifs is 6. The molecule has 4 aliphatic rings. The molecular weight excluding hydrogens is 528 g/mol. The van der Waals surface area contributed by atoms with E-state index in [0.717, 1.165) is 72.6 Å². The van der Waals surface area contributed by atoms with Crippen molar-refractivity contribution in [2.45, 2.75) is 6.04 Å². The molecule has 5 heteroatoms. The van der Waals surface area contributed by atoms with Crippen LogP contribution in [0.4, 0.5) is 0 Å². The van der Waals surface area contributed by atoms with Crippen LogP contribution in [0.2, 0.25) is 0 Å². The first-order chi connectivity index (χ1) is 21.2. The van der Waals surface area contributed by atoms with Crippen LogP contribution in [-0.4, -0.2) is 33.2 Å². The predicted molar refractivity (Wildman–Crippen MR) is 174 cm³/mol. The minimum Gasteiger partial charge on any atom is -0.355 e. The fourth-order valence-corrected chi connectivity index (χ4v) is 6.04. The van der Waals surface area contributed by atoms with Gasteiger partial charge in [-0.1, -0.05) is 78.9 Å². The number of carbonyl (C=O) groups excluding carboxylic acids is 1. The van der Waals surface area contributed by atoms with E-state index in [1.807, 2.05) is 42.5 Å². The second-order valence-corrected chi connectivity index (χ2v) is 10.8. The number of rotatable bonds is 2. The molecule has 0 saturated heterocycles. The summed E-state index contributed by atoms with van der Waals surface area (Å²) in [4.78, 5) is 29.7. The molecule has 2 aromatic heterocycles. The summed E-state index contributed by atoms with van der Waals surface area (Å²) in [5.41, 5.74) is 10.7. The Morgan fingerprint density at radius 3 is 2.12 bits per heavy atom. The van der Waals surface area contributed by atoms with Gasteiger partial charge in [-0.2, -0.15) is 0 Å². The lowest BCUT2D eigenvalue weighted by Crippen LogP contribution is -2.15.